The number of thiazole rings is 1. The number of para-hydroxylation sites is 2. The van der Waals surface area contributed by atoms with Crippen LogP contribution in [0.1, 0.15) is 18.4 Å². The summed E-state index contributed by atoms with van der Waals surface area (Å²) in [4.78, 5) is 2.11. The molecule has 0 N–H and O–H groups in total. The topological polar surface area (TPSA) is 85.9 Å². The minimum absolute atomic E-state index is 0.184. The number of hydrogen-bond acceptors (Lipinski definition) is 6. The van der Waals surface area contributed by atoms with Gasteiger partial charge in [-0.05, 0) is 53.5 Å². The predicted molar refractivity (Wildman–Crippen MR) is 172 cm³/mol. The van der Waals surface area contributed by atoms with Crippen LogP contribution in [0.3, 0.4) is 0 Å². The third-order valence-electron chi connectivity index (χ3n) is 6.98. The summed E-state index contributed by atoms with van der Waals surface area (Å²) in [5.74, 6) is 0.701. The Bertz CT molecular complexity index is 2000. The second-order valence-corrected chi connectivity index (χ2v) is 12.8. The minimum atomic E-state index is -3.80. The second-order valence-electron chi connectivity index (χ2n) is 10.1. The second kappa shape index (κ2) is 11.9. The number of fused-ring (bicyclic) bond motifs is 2. The molecule has 5 aromatic rings. The van der Waals surface area contributed by atoms with Crippen molar-refractivity contribution in [2.75, 3.05) is 11.2 Å². The lowest BCUT2D eigenvalue weighted by Crippen LogP contribution is -2.43. The first-order valence-electron chi connectivity index (χ1n) is 13.8. The summed E-state index contributed by atoms with van der Waals surface area (Å²) in [5, 5.41) is 13.4. The van der Waals surface area contributed by atoms with Crippen molar-refractivity contribution in [3.05, 3.63) is 126 Å². The number of allylic oxidation sites excluding steroid dienone is 2. The van der Waals surface area contributed by atoms with Crippen LogP contribution in [0, 0.1) is 0 Å². The molecule has 0 radical (unpaired) electrons. The zero-order valence-corrected chi connectivity index (χ0v) is 25.3. The third kappa shape index (κ3) is 6.23. The molecule has 0 fully saturated rings. The van der Waals surface area contributed by atoms with Gasteiger partial charge in [-0.1, -0.05) is 85.0 Å². The summed E-state index contributed by atoms with van der Waals surface area (Å²) in [7, 11) is -3.80. The Balaban J connectivity index is 1.44. The van der Waals surface area contributed by atoms with Gasteiger partial charge in [0.05, 0.1) is 11.9 Å². The average molecular weight is 608 g/mol. The van der Waals surface area contributed by atoms with E-state index in [1.165, 1.54) is 11.3 Å². The van der Waals surface area contributed by atoms with Crippen LogP contribution in [0.15, 0.2) is 125 Å². The maximum atomic E-state index is 12.6. The summed E-state index contributed by atoms with van der Waals surface area (Å²) >= 11 is 1.53. The Hall–Kier alpha value is -4.73. The van der Waals surface area contributed by atoms with Gasteiger partial charge in [0.2, 0.25) is 21.4 Å². The summed E-state index contributed by atoms with van der Waals surface area (Å²) in [6.07, 6.45) is 5.66. The molecular formula is C34H29N3O4S2. The molecule has 0 aliphatic carbocycles. The largest absolute Gasteiger partial charge is 0.857 e. The van der Waals surface area contributed by atoms with Gasteiger partial charge in [-0.3, -0.25) is 4.90 Å². The van der Waals surface area contributed by atoms with Crippen LogP contribution < -0.4 is 19.3 Å². The van der Waals surface area contributed by atoms with Gasteiger partial charge in [-0.25, -0.2) is 8.42 Å². The predicted octanol–water partition coefficient (Wildman–Crippen LogP) is 6.44. The highest BCUT2D eigenvalue weighted by Crippen LogP contribution is 2.46. The molecule has 0 saturated heterocycles. The van der Waals surface area contributed by atoms with Gasteiger partial charge < -0.3 is 9.84 Å². The fourth-order valence-corrected chi connectivity index (χ4v) is 6.60. The summed E-state index contributed by atoms with van der Waals surface area (Å²) in [5.41, 5.74) is 5.93. The molecule has 4 aromatic carbocycles. The van der Waals surface area contributed by atoms with E-state index in [-0.39, 0.29) is 6.54 Å². The molecule has 2 heterocycles. The lowest BCUT2D eigenvalue weighted by molar-refractivity contribution is -0.658. The van der Waals surface area contributed by atoms with Crippen molar-refractivity contribution in [3.63, 3.8) is 0 Å². The molecule has 1 aliphatic rings. The average Bonchev–Trinajstić information content (AvgIpc) is 3.53. The maximum Gasteiger partial charge on any atom is 0.263 e. The van der Waals surface area contributed by atoms with Crippen molar-refractivity contribution in [2.24, 2.45) is 4.40 Å². The smallest absolute Gasteiger partial charge is 0.263 e. The molecule has 1 aromatic heterocycles. The molecule has 0 atom stereocenters. The SMILES string of the molecule is CCC(/C=C1\Oc2ccc(-c3ccccc3)cc2N1c1ccccc1)=C\c1sc2ccccc2[n+]1C/C([O-])=N\S(C)(=O)=O. The Labute approximate surface area is 255 Å². The van der Waals surface area contributed by atoms with Crippen molar-refractivity contribution in [3.8, 4) is 16.9 Å². The van der Waals surface area contributed by atoms with Gasteiger partial charge in [0.15, 0.2) is 12.3 Å². The van der Waals surface area contributed by atoms with Crippen LogP contribution in [-0.2, 0) is 16.6 Å². The van der Waals surface area contributed by atoms with Crippen molar-refractivity contribution in [1.82, 2.24) is 0 Å². The van der Waals surface area contributed by atoms with E-state index in [4.69, 9.17) is 4.74 Å². The van der Waals surface area contributed by atoms with Gasteiger partial charge in [0.25, 0.3) is 5.01 Å². The fourth-order valence-electron chi connectivity index (χ4n) is 5.04. The number of benzene rings is 4. The van der Waals surface area contributed by atoms with Gasteiger partial charge in [-0.15, -0.1) is 0 Å². The molecular weight excluding hydrogens is 579 g/mol. The van der Waals surface area contributed by atoms with E-state index in [0.717, 1.165) is 55.3 Å². The van der Waals surface area contributed by atoms with Crippen LogP contribution in [0.4, 0.5) is 11.4 Å². The lowest BCUT2D eigenvalue weighted by atomic mass is 10.0. The Morgan fingerprint density at radius 1 is 0.953 bits per heavy atom. The number of nitrogens with zero attached hydrogens (tertiary/aromatic N) is 3. The molecule has 6 rings (SSSR count). The van der Waals surface area contributed by atoms with Crippen LogP contribution in [0.25, 0.3) is 27.4 Å². The highest BCUT2D eigenvalue weighted by atomic mass is 32.2. The summed E-state index contributed by atoms with van der Waals surface area (Å²) in [6.45, 7) is 1.88. The third-order valence-corrected chi connectivity index (χ3v) is 8.63. The lowest BCUT2D eigenvalue weighted by Gasteiger charge is -2.19. The van der Waals surface area contributed by atoms with Crippen LogP contribution in [-0.4, -0.2) is 20.6 Å². The normalized spacial score (nSPS) is 14.7. The van der Waals surface area contributed by atoms with Crippen LogP contribution in [0.5, 0.6) is 5.75 Å². The molecule has 1 aliphatic heterocycles. The molecule has 216 valence electrons. The first-order chi connectivity index (χ1) is 20.8. The number of rotatable bonds is 8. The molecule has 0 bridgehead atoms. The van der Waals surface area contributed by atoms with Gasteiger partial charge in [0, 0.05) is 29.8 Å². The maximum absolute atomic E-state index is 12.6. The highest BCUT2D eigenvalue weighted by molar-refractivity contribution is 7.89. The van der Waals surface area contributed by atoms with E-state index in [1.54, 1.807) is 0 Å². The molecule has 0 spiro atoms. The van der Waals surface area contributed by atoms with Crippen molar-refractivity contribution in [1.29, 1.82) is 0 Å². The fraction of sp³-hybridized carbons (Fsp3) is 0.118. The molecule has 0 amide bonds. The van der Waals surface area contributed by atoms with Gasteiger partial charge in [0.1, 0.15) is 4.70 Å². The quantitative estimate of drug-likeness (QED) is 0.115. The first kappa shape index (κ1) is 28.4. The number of hydrogen-bond donors (Lipinski definition) is 0. The number of aromatic nitrogens is 1. The Morgan fingerprint density at radius 2 is 1.65 bits per heavy atom. The van der Waals surface area contributed by atoms with E-state index in [2.05, 4.69) is 40.5 Å². The van der Waals surface area contributed by atoms with E-state index in [0.29, 0.717) is 12.3 Å². The number of sulfonamides is 1. The summed E-state index contributed by atoms with van der Waals surface area (Å²) in [6, 6.07) is 34.3. The van der Waals surface area contributed by atoms with Gasteiger partial charge in [-0.2, -0.15) is 8.96 Å². The Morgan fingerprint density at radius 3 is 2.37 bits per heavy atom. The minimum Gasteiger partial charge on any atom is -0.857 e. The highest BCUT2D eigenvalue weighted by Gasteiger charge is 2.29. The van der Waals surface area contributed by atoms with Crippen LogP contribution >= 0.6 is 11.3 Å². The first-order valence-corrected chi connectivity index (χ1v) is 16.5. The van der Waals surface area contributed by atoms with Crippen molar-refractivity contribution >= 4 is 54.9 Å². The van der Waals surface area contributed by atoms with E-state index in [1.807, 2.05) is 95.6 Å². The van der Waals surface area contributed by atoms with Crippen molar-refractivity contribution < 1.29 is 22.8 Å². The molecule has 9 heteroatoms. The van der Waals surface area contributed by atoms with Crippen LogP contribution in [0.2, 0.25) is 0 Å². The molecule has 7 nitrogen and oxygen atoms in total. The summed E-state index contributed by atoms with van der Waals surface area (Å²) < 4.78 is 35.9. The van der Waals surface area contributed by atoms with Crippen molar-refractivity contribution in [2.45, 2.75) is 19.9 Å². The molecule has 0 unspecified atom stereocenters. The number of ether oxygens (including phenoxy) is 1. The van der Waals surface area contributed by atoms with E-state index in [9.17, 15) is 13.5 Å². The van der Waals surface area contributed by atoms with E-state index < -0.39 is 15.9 Å². The molecule has 0 saturated carbocycles. The monoisotopic (exact) mass is 607 g/mol. The molecule has 43 heavy (non-hydrogen) atoms. The zero-order valence-electron chi connectivity index (χ0n) is 23.7. The number of anilines is 2. The zero-order chi connectivity index (χ0) is 30.0. The standard InChI is InChI=1S/C34H29N3O4S2/c1-3-24(21-34-36(23-32(38)35-43(2,39)40)28-16-10-11-17-31(28)42-34)20-33-37(27-14-8-5-9-15-27)29-22-26(18-19-30(29)41-33)25-12-6-4-7-13-25/h4-22H,3,23H2,1-2H3. The van der Waals surface area contributed by atoms with E-state index >= 15 is 0 Å². The Kier molecular flexibility index (Phi) is 7.84. The van der Waals surface area contributed by atoms with Gasteiger partial charge >= 0.3 is 0 Å².